The van der Waals surface area contributed by atoms with E-state index in [-0.39, 0.29) is 5.91 Å². The zero-order valence-electron chi connectivity index (χ0n) is 10.9. The van der Waals surface area contributed by atoms with Crippen LogP contribution in [0.3, 0.4) is 0 Å². The van der Waals surface area contributed by atoms with Crippen molar-refractivity contribution in [2.24, 2.45) is 0 Å². The van der Waals surface area contributed by atoms with E-state index in [0.717, 1.165) is 0 Å². The number of amides is 1. The molecule has 0 aliphatic heterocycles. The van der Waals surface area contributed by atoms with Gasteiger partial charge in [-0.25, -0.2) is 4.98 Å². The maximum absolute atomic E-state index is 12.3. The molecular weight excluding hydrogens is 278 g/mol. The van der Waals surface area contributed by atoms with Crippen molar-refractivity contribution in [3.63, 3.8) is 0 Å². The molecule has 104 valence electrons. The summed E-state index contributed by atoms with van der Waals surface area (Å²) in [6.45, 7) is 2.26. The van der Waals surface area contributed by atoms with Gasteiger partial charge in [-0.2, -0.15) is 0 Å². The first kappa shape index (κ1) is 14.1. The van der Waals surface area contributed by atoms with E-state index in [2.05, 4.69) is 10.3 Å². The van der Waals surface area contributed by atoms with Gasteiger partial charge in [-0.1, -0.05) is 17.7 Å². The highest BCUT2D eigenvalue weighted by atomic mass is 35.5. The Labute approximate surface area is 121 Å². The van der Waals surface area contributed by atoms with Gasteiger partial charge in [0.25, 0.3) is 5.91 Å². The fraction of sp³-hybridized carbons (Fsp3) is 0.143. The van der Waals surface area contributed by atoms with Gasteiger partial charge in [0.2, 0.25) is 0 Å². The molecule has 3 N–H and O–H groups in total. The average Bonchev–Trinajstić information content (AvgIpc) is 2.41. The number of hydrogen-bond donors (Lipinski definition) is 2. The highest BCUT2D eigenvalue weighted by Crippen LogP contribution is 2.27. The van der Waals surface area contributed by atoms with Crippen LogP contribution in [-0.2, 0) is 0 Å². The Bertz CT molecular complexity index is 632. The van der Waals surface area contributed by atoms with Crippen LogP contribution in [0.15, 0.2) is 36.5 Å². The van der Waals surface area contributed by atoms with E-state index < -0.39 is 0 Å². The van der Waals surface area contributed by atoms with Crippen molar-refractivity contribution >= 4 is 28.9 Å². The minimum absolute atomic E-state index is 0.306. The molecule has 0 fully saturated rings. The average molecular weight is 292 g/mol. The topological polar surface area (TPSA) is 77.2 Å². The molecule has 1 aromatic carbocycles. The van der Waals surface area contributed by atoms with Crippen LogP contribution in [0.2, 0.25) is 5.15 Å². The molecular formula is C14H14ClN3O2. The van der Waals surface area contributed by atoms with Crippen molar-refractivity contribution in [1.29, 1.82) is 0 Å². The fourth-order valence-electron chi connectivity index (χ4n) is 1.72. The number of aromatic nitrogens is 1. The SMILES string of the molecule is CCOc1c(N)cccc1C(=O)Nc1ccnc(Cl)c1. The van der Waals surface area contributed by atoms with Crippen molar-refractivity contribution in [3.8, 4) is 5.75 Å². The minimum Gasteiger partial charge on any atom is -0.491 e. The molecule has 1 heterocycles. The Morgan fingerprint density at radius 3 is 2.95 bits per heavy atom. The normalized spacial score (nSPS) is 10.1. The van der Waals surface area contributed by atoms with Crippen LogP contribution in [-0.4, -0.2) is 17.5 Å². The molecule has 0 aliphatic carbocycles. The lowest BCUT2D eigenvalue weighted by Crippen LogP contribution is -2.14. The molecule has 5 nitrogen and oxygen atoms in total. The van der Waals surface area contributed by atoms with Gasteiger partial charge in [-0.05, 0) is 31.2 Å². The molecule has 0 saturated carbocycles. The van der Waals surface area contributed by atoms with E-state index in [4.69, 9.17) is 22.1 Å². The third-order valence-corrected chi connectivity index (χ3v) is 2.77. The van der Waals surface area contributed by atoms with E-state index >= 15 is 0 Å². The Kier molecular flexibility index (Phi) is 4.42. The second-order valence-corrected chi connectivity index (χ2v) is 4.37. The molecule has 0 spiro atoms. The second kappa shape index (κ2) is 6.25. The van der Waals surface area contributed by atoms with Gasteiger partial charge in [-0.15, -0.1) is 0 Å². The van der Waals surface area contributed by atoms with Crippen LogP contribution in [0.25, 0.3) is 0 Å². The molecule has 6 heteroatoms. The standard InChI is InChI=1S/C14H14ClN3O2/c1-2-20-13-10(4-3-5-11(13)16)14(19)18-9-6-7-17-12(15)8-9/h3-8H,2,16H2,1H3,(H,17,18,19). The van der Waals surface area contributed by atoms with E-state index in [1.807, 2.05) is 6.92 Å². The number of nitrogens with two attached hydrogens (primary N) is 1. The van der Waals surface area contributed by atoms with Gasteiger partial charge in [0, 0.05) is 11.9 Å². The Morgan fingerprint density at radius 1 is 1.45 bits per heavy atom. The lowest BCUT2D eigenvalue weighted by atomic mass is 10.1. The Hall–Kier alpha value is -2.27. The summed E-state index contributed by atoms with van der Waals surface area (Å²) in [5.74, 6) is 0.0654. The Balaban J connectivity index is 2.27. The molecule has 1 aromatic heterocycles. The number of rotatable bonds is 4. The van der Waals surface area contributed by atoms with Crippen molar-refractivity contribution < 1.29 is 9.53 Å². The largest absolute Gasteiger partial charge is 0.491 e. The minimum atomic E-state index is -0.317. The third-order valence-electron chi connectivity index (χ3n) is 2.56. The van der Waals surface area contributed by atoms with E-state index in [0.29, 0.717) is 34.4 Å². The van der Waals surface area contributed by atoms with Crippen molar-refractivity contribution in [2.45, 2.75) is 6.92 Å². The lowest BCUT2D eigenvalue weighted by molar-refractivity contribution is 0.102. The first-order chi connectivity index (χ1) is 9.61. The number of para-hydroxylation sites is 1. The number of ether oxygens (including phenoxy) is 1. The first-order valence-corrected chi connectivity index (χ1v) is 6.43. The van der Waals surface area contributed by atoms with E-state index in [1.54, 1.807) is 30.3 Å². The highest BCUT2D eigenvalue weighted by molar-refractivity contribution is 6.29. The molecule has 1 amide bonds. The zero-order chi connectivity index (χ0) is 14.5. The molecule has 0 atom stereocenters. The number of nitrogens with zero attached hydrogens (tertiary/aromatic N) is 1. The molecule has 20 heavy (non-hydrogen) atoms. The van der Waals surface area contributed by atoms with Gasteiger partial charge in [0.15, 0.2) is 5.75 Å². The molecule has 0 bridgehead atoms. The predicted octanol–water partition coefficient (Wildman–Crippen LogP) is 2.97. The van der Waals surface area contributed by atoms with Crippen LogP contribution in [0, 0.1) is 0 Å². The monoisotopic (exact) mass is 291 g/mol. The number of hydrogen-bond acceptors (Lipinski definition) is 4. The third kappa shape index (κ3) is 3.19. The zero-order valence-corrected chi connectivity index (χ0v) is 11.6. The summed E-state index contributed by atoms with van der Waals surface area (Å²) in [5.41, 5.74) is 7.18. The molecule has 0 aliphatic rings. The van der Waals surface area contributed by atoms with Crippen LogP contribution in [0.1, 0.15) is 17.3 Å². The van der Waals surface area contributed by atoms with Crippen LogP contribution < -0.4 is 15.8 Å². The quantitative estimate of drug-likeness (QED) is 0.670. The van der Waals surface area contributed by atoms with Gasteiger partial charge in [-0.3, -0.25) is 4.79 Å². The molecule has 2 rings (SSSR count). The summed E-state index contributed by atoms with van der Waals surface area (Å²) in [6, 6.07) is 8.25. The fourth-order valence-corrected chi connectivity index (χ4v) is 1.89. The lowest BCUT2D eigenvalue weighted by Gasteiger charge is -2.12. The maximum atomic E-state index is 12.3. The summed E-state index contributed by atoms with van der Waals surface area (Å²) in [4.78, 5) is 16.1. The first-order valence-electron chi connectivity index (χ1n) is 6.06. The summed E-state index contributed by atoms with van der Waals surface area (Å²) < 4.78 is 5.43. The number of benzene rings is 1. The van der Waals surface area contributed by atoms with Gasteiger partial charge in [0.1, 0.15) is 5.15 Å². The maximum Gasteiger partial charge on any atom is 0.259 e. The number of anilines is 2. The number of nitrogens with one attached hydrogen (secondary N) is 1. The number of carbonyl (C=O) groups is 1. The molecule has 0 radical (unpaired) electrons. The van der Waals surface area contributed by atoms with Crippen LogP contribution >= 0.6 is 11.6 Å². The van der Waals surface area contributed by atoms with Crippen molar-refractivity contribution in [1.82, 2.24) is 4.98 Å². The van der Waals surface area contributed by atoms with E-state index in [9.17, 15) is 4.79 Å². The molecule has 0 saturated heterocycles. The number of nitrogen functional groups attached to an aromatic ring is 1. The molecule has 0 unspecified atom stereocenters. The van der Waals surface area contributed by atoms with E-state index in [1.165, 1.54) is 6.20 Å². The summed E-state index contributed by atoms with van der Waals surface area (Å²) in [7, 11) is 0. The van der Waals surface area contributed by atoms with Crippen molar-refractivity contribution in [2.75, 3.05) is 17.7 Å². The smallest absolute Gasteiger partial charge is 0.259 e. The molecule has 2 aromatic rings. The predicted molar refractivity (Wildman–Crippen MR) is 79.2 cm³/mol. The second-order valence-electron chi connectivity index (χ2n) is 3.98. The number of pyridine rings is 1. The van der Waals surface area contributed by atoms with Crippen LogP contribution in [0.5, 0.6) is 5.75 Å². The summed E-state index contributed by atoms with van der Waals surface area (Å²) >= 11 is 5.77. The summed E-state index contributed by atoms with van der Waals surface area (Å²) in [5, 5.41) is 3.03. The Morgan fingerprint density at radius 2 is 2.25 bits per heavy atom. The van der Waals surface area contributed by atoms with Gasteiger partial charge < -0.3 is 15.8 Å². The van der Waals surface area contributed by atoms with Crippen molar-refractivity contribution in [3.05, 3.63) is 47.2 Å². The highest BCUT2D eigenvalue weighted by Gasteiger charge is 2.15. The van der Waals surface area contributed by atoms with Crippen LogP contribution in [0.4, 0.5) is 11.4 Å². The number of carbonyl (C=O) groups excluding carboxylic acids is 1. The number of halogens is 1. The summed E-state index contributed by atoms with van der Waals surface area (Å²) in [6.07, 6.45) is 1.51. The van der Waals surface area contributed by atoms with Gasteiger partial charge in [0.05, 0.1) is 17.9 Å². The van der Waals surface area contributed by atoms with Gasteiger partial charge >= 0.3 is 0 Å².